The summed E-state index contributed by atoms with van der Waals surface area (Å²) in [7, 11) is 1.27. The van der Waals surface area contributed by atoms with E-state index in [0.717, 1.165) is 6.07 Å². The molecule has 0 fully saturated rings. The standard InChI is InChI=1S/C16H13N5O5/c1-26-13-7-9(6-12(14(13)22)21(24)25)8-17-20-16(23)15-18-10-4-2-3-5-11(10)19-15/h2-8,22H,1H3,(H,18,19)(H,20,23)/b17-8+. The first-order chi connectivity index (χ1) is 12.5. The molecule has 0 aliphatic rings. The van der Waals surface area contributed by atoms with Crippen LogP contribution in [0.2, 0.25) is 0 Å². The lowest BCUT2D eigenvalue weighted by atomic mass is 10.2. The van der Waals surface area contributed by atoms with Crippen molar-refractivity contribution in [1.29, 1.82) is 0 Å². The highest BCUT2D eigenvalue weighted by atomic mass is 16.6. The number of methoxy groups -OCH3 is 1. The minimum atomic E-state index is -0.748. The number of nitrogens with zero attached hydrogens (tertiary/aromatic N) is 3. The second kappa shape index (κ2) is 6.89. The number of phenolic OH excluding ortho intramolecular Hbond substituents is 1. The number of nitro groups is 1. The average molecular weight is 355 g/mol. The summed E-state index contributed by atoms with van der Waals surface area (Å²) >= 11 is 0. The number of para-hydroxylation sites is 2. The number of benzene rings is 2. The minimum absolute atomic E-state index is 0.0794. The predicted octanol–water partition coefficient (Wildman–Crippen LogP) is 1.95. The molecule has 0 spiro atoms. The number of hydrazone groups is 1. The van der Waals surface area contributed by atoms with Gasteiger partial charge in [-0.05, 0) is 18.2 Å². The molecule has 0 aliphatic carbocycles. The van der Waals surface area contributed by atoms with E-state index in [1.807, 2.05) is 6.07 Å². The molecule has 0 aliphatic heterocycles. The molecule has 0 atom stereocenters. The van der Waals surface area contributed by atoms with Gasteiger partial charge in [-0.1, -0.05) is 12.1 Å². The molecule has 132 valence electrons. The van der Waals surface area contributed by atoms with Gasteiger partial charge in [-0.25, -0.2) is 10.4 Å². The third-order valence-corrected chi connectivity index (χ3v) is 3.48. The lowest BCUT2D eigenvalue weighted by Gasteiger charge is -2.05. The van der Waals surface area contributed by atoms with E-state index >= 15 is 0 Å². The van der Waals surface area contributed by atoms with Crippen molar-refractivity contribution in [3.8, 4) is 11.5 Å². The second-order valence-corrected chi connectivity index (χ2v) is 5.15. The van der Waals surface area contributed by atoms with E-state index in [0.29, 0.717) is 11.0 Å². The lowest BCUT2D eigenvalue weighted by molar-refractivity contribution is -0.386. The molecule has 0 unspecified atom stereocenters. The SMILES string of the molecule is COc1cc(/C=N/NC(=O)c2nc3ccccc3[nH]2)cc([N+](=O)[O-])c1O. The van der Waals surface area contributed by atoms with Crippen molar-refractivity contribution in [1.82, 2.24) is 15.4 Å². The molecule has 10 heteroatoms. The molecule has 10 nitrogen and oxygen atoms in total. The van der Waals surface area contributed by atoms with Gasteiger partial charge in [0.2, 0.25) is 5.75 Å². The number of H-pyrrole nitrogens is 1. The van der Waals surface area contributed by atoms with Crippen LogP contribution in [0, 0.1) is 10.1 Å². The molecular formula is C16H13N5O5. The Balaban J connectivity index is 1.78. The van der Waals surface area contributed by atoms with Crippen molar-refractivity contribution >= 4 is 28.8 Å². The van der Waals surface area contributed by atoms with Crippen molar-refractivity contribution in [3.05, 3.63) is 57.9 Å². The largest absolute Gasteiger partial charge is 0.500 e. The van der Waals surface area contributed by atoms with E-state index in [-0.39, 0.29) is 17.1 Å². The number of carbonyl (C=O) groups excluding carboxylic acids is 1. The Hall–Kier alpha value is -3.95. The van der Waals surface area contributed by atoms with Crippen LogP contribution in [0.5, 0.6) is 11.5 Å². The third kappa shape index (κ3) is 3.29. The number of hydrogen-bond acceptors (Lipinski definition) is 7. The zero-order valence-corrected chi connectivity index (χ0v) is 13.5. The number of fused-ring (bicyclic) bond motifs is 1. The van der Waals surface area contributed by atoms with Crippen molar-refractivity contribution in [2.75, 3.05) is 7.11 Å². The zero-order chi connectivity index (χ0) is 18.7. The maximum absolute atomic E-state index is 12.1. The van der Waals surface area contributed by atoms with Crippen molar-refractivity contribution in [2.45, 2.75) is 0 Å². The topological polar surface area (TPSA) is 143 Å². The Labute approximate surface area is 146 Å². The van der Waals surface area contributed by atoms with Crippen LogP contribution in [-0.2, 0) is 0 Å². The zero-order valence-electron chi connectivity index (χ0n) is 13.5. The first-order valence-corrected chi connectivity index (χ1v) is 7.33. The summed E-state index contributed by atoms with van der Waals surface area (Å²) in [6, 6.07) is 9.60. The maximum Gasteiger partial charge on any atom is 0.315 e. The van der Waals surface area contributed by atoms with Crippen LogP contribution in [0.3, 0.4) is 0 Å². The van der Waals surface area contributed by atoms with E-state index in [2.05, 4.69) is 20.5 Å². The van der Waals surface area contributed by atoms with Gasteiger partial charge in [0.05, 0.1) is 29.3 Å². The Morgan fingerprint density at radius 2 is 2.19 bits per heavy atom. The van der Waals surface area contributed by atoms with Crippen LogP contribution in [-0.4, -0.2) is 39.2 Å². The molecule has 0 bridgehead atoms. The summed E-state index contributed by atoms with van der Waals surface area (Å²) < 4.78 is 4.89. The van der Waals surface area contributed by atoms with E-state index in [1.54, 1.807) is 18.2 Å². The average Bonchev–Trinajstić information content (AvgIpc) is 3.06. The maximum atomic E-state index is 12.1. The number of rotatable bonds is 5. The number of aromatic nitrogens is 2. The van der Waals surface area contributed by atoms with Gasteiger partial charge >= 0.3 is 11.6 Å². The van der Waals surface area contributed by atoms with E-state index in [1.165, 1.54) is 19.4 Å². The number of hydrogen-bond donors (Lipinski definition) is 3. The summed E-state index contributed by atoms with van der Waals surface area (Å²) in [6.07, 6.45) is 1.19. The molecule has 2 aromatic carbocycles. The number of amides is 1. The Morgan fingerprint density at radius 1 is 1.42 bits per heavy atom. The van der Waals surface area contributed by atoms with Gasteiger partial charge in [-0.15, -0.1) is 0 Å². The van der Waals surface area contributed by atoms with Crippen LogP contribution in [0.1, 0.15) is 16.2 Å². The molecule has 1 aromatic heterocycles. The molecule has 3 aromatic rings. The first-order valence-electron chi connectivity index (χ1n) is 7.33. The van der Waals surface area contributed by atoms with Crippen LogP contribution < -0.4 is 10.2 Å². The van der Waals surface area contributed by atoms with Gasteiger partial charge in [0.25, 0.3) is 0 Å². The number of carbonyl (C=O) groups is 1. The summed E-state index contributed by atoms with van der Waals surface area (Å²) in [4.78, 5) is 29.3. The second-order valence-electron chi connectivity index (χ2n) is 5.15. The van der Waals surface area contributed by atoms with Crippen LogP contribution in [0.25, 0.3) is 11.0 Å². The number of ether oxygens (including phenoxy) is 1. The highest BCUT2D eigenvalue weighted by molar-refractivity contribution is 5.94. The summed E-state index contributed by atoms with van der Waals surface area (Å²) in [5, 5.41) is 24.4. The quantitative estimate of drug-likeness (QED) is 0.363. The van der Waals surface area contributed by atoms with E-state index in [9.17, 15) is 20.0 Å². The van der Waals surface area contributed by atoms with Gasteiger partial charge < -0.3 is 14.8 Å². The Morgan fingerprint density at radius 3 is 2.88 bits per heavy atom. The highest BCUT2D eigenvalue weighted by Gasteiger charge is 2.19. The predicted molar refractivity (Wildman–Crippen MR) is 92.5 cm³/mol. The molecule has 3 rings (SSSR count). The molecule has 1 heterocycles. The van der Waals surface area contributed by atoms with Gasteiger partial charge in [-0.3, -0.25) is 14.9 Å². The van der Waals surface area contributed by atoms with Gasteiger partial charge in [0.1, 0.15) is 0 Å². The fraction of sp³-hybridized carbons (Fsp3) is 0.0625. The lowest BCUT2D eigenvalue weighted by Crippen LogP contribution is -2.19. The van der Waals surface area contributed by atoms with Crippen molar-refractivity contribution in [3.63, 3.8) is 0 Å². The van der Waals surface area contributed by atoms with Gasteiger partial charge in [-0.2, -0.15) is 5.10 Å². The third-order valence-electron chi connectivity index (χ3n) is 3.48. The Kier molecular flexibility index (Phi) is 4.48. The molecule has 1 amide bonds. The number of nitro benzene ring substituents is 1. The number of aromatic amines is 1. The molecule has 0 saturated carbocycles. The summed E-state index contributed by atoms with van der Waals surface area (Å²) in [5.74, 6) is -1.15. The number of phenols is 1. The van der Waals surface area contributed by atoms with Gasteiger partial charge in [0.15, 0.2) is 11.6 Å². The normalized spacial score (nSPS) is 11.0. The molecule has 3 N–H and O–H groups in total. The van der Waals surface area contributed by atoms with E-state index < -0.39 is 22.3 Å². The monoisotopic (exact) mass is 355 g/mol. The molecule has 26 heavy (non-hydrogen) atoms. The number of nitrogens with one attached hydrogen (secondary N) is 2. The minimum Gasteiger partial charge on any atom is -0.500 e. The van der Waals surface area contributed by atoms with Crippen LogP contribution in [0.4, 0.5) is 5.69 Å². The Bertz CT molecular complexity index is 994. The molecule has 0 radical (unpaired) electrons. The van der Waals surface area contributed by atoms with Crippen LogP contribution >= 0.6 is 0 Å². The number of aromatic hydroxyl groups is 1. The van der Waals surface area contributed by atoms with Crippen molar-refractivity contribution in [2.24, 2.45) is 5.10 Å². The molecule has 0 saturated heterocycles. The van der Waals surface area contributed by atoms with Crippen LogP contribution in [0.15, 0.2) is 41.5 Å². The van der Waals surface area contributed by atoms with E-state index in [4.69, 9.17) is 4.74 Å². The number of imidazole rings is 1. The smallest absolute Gasteiger partial charge is 0.315 e. The van der Waals surface area contributed by atoms with Gasteiger partial charge in [0, 0.05) is 11.6 Å². The summed E-state index contributed by atoms with van der Waals surface area (Å²) in [6.45, 7) is 0. The highest BCUT2D eigenvalue weighted by Crippen LogP contribution is 2.36. The van der Waals surface area contributed by atoms with Crippen molar-refractivity contribution < 1.29 is 19.6 Å². The molecular weight excluding hydrogens is 342 g/mol. The summed E-state index contributed by atoms with van der Waals surface area (Å²) in [5.41, 5.74) is 3.35. The fourth-order valence-electron chi connectivity index (χ4n) is 2.26. The first kappa shape index (κ1) is 16.9. The fourth-order valence-corrected chi connectivity index (χ4v) is 2.26.